The van der Waals surface area contributed by atoms with E-state index in [9.17, 15) is 4.79 Å². The van der Waals surface area contributed by atoms with Crippen molar-refractivity contribution in [1.29, 1.82) is 0 Å². The number of hydrogen-bond donors (Lipinski definition) is 0. The summed E-state index contributed by atoms with van der Waals surface area (Å²) < 4.78 is 0. The number of allylic oxidation sites excluding steroid dienone is 3. The normalized spacial score (nSPS) is 23.4. The Balaban J connectivity index is 1.74. The second-order valence-corrected chi connectivity index (χ2v) is 5.69. The number of hydrogen-bond acceptors (Lipinski definition) is 2. The zero-order valence-corrected chi connectivity index (χ0v) is 12.5. The molecule has 0 saturated carbocycles. The largest absolute Gasteiger partial charge is 0.287 e. The smallest absolute Gasteiger partial charge is 0.269 e. The molecule has 112 valence electrons. The number of amides is 1. The number of dihydropyridines is 1. The Kier molecular flexibility index (Phi) is 4.76. The Morgan fingerprint density at radius 3 is 2.68 bits per heavy atom. The fourth-order valence-electron chi connectivity index (χ4n) is 2.82. The van der Waals surface area contributed by atoms with Gasteiger partial charge in [0.15, 0.2) is 0 Å². The van der Waals surface area contributed by atoms with Gasteiger partial charge in [0.05, 0.1) is 6.04 Å². The highest BCUT2D eigenvalue weighted by Crippen LogP contribution is 2.18. The van der Waals surface area contributed by atoms with E-state index in [1.165, 1.54) is 5.56 Å². The minimum absolute atomic E-state index is 0.0808. The average Bonchev–Trinajstić information content (AvgIpc) is 2.57. The van der Waals surface area contributed by atoms with E-state index in [1.807, 2.05) is 12.1 Å². The molecule has 1 amide bonds. The highest BCUT2D eigenvalue weighted by Gasteiger charge is 2.20. The van der Waals surface area contributed by atoms with Crippen molar-refractivity contribution in [3.63, 3.8) is 0 Å². The lowest BCUT2D eigenvalue weighted by atomic mass is 9.99. The monoisotopic (exact) mass is 292 g/mol. The number of carbonyl (C=O) groups excluding carboxylic acids is 1. The molecule has 0 aromatic heterocycles. The van der Waals surface area contributed by atoms with Crippen molar-refractivity contribution in [2.45, 2.75) is 19.0 Å². The average molecular weight is 292 g/mol. The summed E-state index contributed by atoms with van der Waals surface area (Å²) in [7, 11) is 0. The number of aliphatic imine (C=N–C) groups is 1. The Labute approximate surface area is 131 Å². The molecule has 2 atom stereocenters. The van der Waals surface area contributed by atoms with Crippen molar-refractivity contribution in [2.24, 2.45) is 10.9 Å². The summed E-state index contributed by atoms with van der Waals surface area (Å²) in [6, 6.07) is 10.5. The standard InChI is InChI=1S/C19H20N2O/c22-19-12-11-18(13-20-19)21(14-16-7-3-1-4-8-16)15-17-9-5-2-6-10-17/h1-9,11-13,17-18H,10,14-15H2/t17?,18-/m0/s1. The van der Waals surface area contributed by atoms with Gasteiger partial charge in [0, 0.05) is 25.4 Å². The molecular weight excluding hydrogens is 272 g/mol. The van der Waals surface area contributed by atoms with Crippen LogP contribution in [0.1, 0.15) is 12.0 Å². The predicted octanol–water partition coefficient (Wildman–Crippen LogP) is 3.16. The van der Waals surface area contributed by atoms with E-state index >= 15 is 0 Å². The van der Waals surface area contributed by atoms with Crippen molar-refractivity contribution >= 4 is 12.1 Å². The summed E-state index contributed by atoms with van der Waals surface area (Å²) >= 11 is 0. The molecule has 1 aromatic rings. The molecule has 3 rings (SSSR count). The molecule has 1 unspecified atom stereocenters. The molecule has 1 aliphatic carbocycles. The highest BCUT2D eigenvalue weighted by atomic mass is 16.1. The fourth-order valence-corrected chi connectivity index (χ4v) is 2.82. The van der Waals surface area contributed by atoms with E-state index < -0.39 is 0 Å². The van der Waals surface area contributed by atoms with Crippen LogP contribution in [0.4, 0.5) is 0 Å². The topological polar surface area (TPSA) is 32.7 Å². The van der Waals surface area contributed by atoms with E-state index in [-0.39, 0.29) is 11.9 Å². The third-order valence-electron chi connectivity index (χ3n) is 3.98. The molecule has 1 aromatic carbocycles. The Morgan fingerprint density at radius 2 is 2.00 bits per heavy atom. The second kappa shape index (κ2) is 7.14. The molecule has 3 nitrogen and oxygen atoms in total. The van der Waals surface area contributed by atoms with Crippen LogP contribution in [0.3, 0.4) is 0 Å². The van der Waals surface area contributed by atoms with Gasteiger partial charge in [-0.25, -0.2) is 4.99 Å². The van der Waals surface area contributed by atoms with Crippen LogP contribution < -0.4 is 0 Å². The van der Waals surface area contributed by atoms with Crippen LogP contribution in [0.15, 0.2) is 71.8 Å². The number of rotatable bonds is 5. The lowest BCUT2D eigenvalue weighted by Crippen LogP contribution is -2.39. The first-order chi connectivity index (χ1) is 10.8. The molecule has 0 fully saturated rings. The summed E-state index contributed by atoms with van der Waals surface area (Å²) in [6.45, 7) is 1.80. The van der Waals surface area contributed by atoms with E-state index in [1.54, 1.807) is 12.3 Å². The van der Waals surface area contributed by atoms with Gasteiger partial charge in [-0.2, -0.15) is 0 Å². The first kappa shape index (κ1) is 14.7. The van der Waals surface area contributed by atoms with E-state index in [2.05, 4.69) is 58.5 Å². The lowest BCUT2D eigenvalue weighted by molar-refractivity contribution is -0.113. The summed E-state index contributed by atoms with van der Waals surface area (Å²) in [4.78, 5) is 17.6. The third-order valence-corrected chi connectivity index (χ3v) is 3.98. The zero-order valence-electron chi connectivity index (χ0n) is 12.5. The van der Waals surface area contributed by atoms with Crippen molar-refractivity contribution < 1.29 is 4.79 Å². The lowest BCUT2D eigenvalue weighted by Gasteiger charge is -2.31. The van der Waals surface area contributed by atoms with Gasteiger partial charge in [-0.05, 0) is 17.9 Å². The van der Waals surface area contributed by atoms with Gasteiger partial charge in [0.25, 0.3) is 5.91 Å². The Hall–Kier alpha value is -2.26. The molecule has 22 heavy (non-hydrogen) atoms. The minimum atomic E-state index is -0.170. The SMILES string of the molecule is O=C1C=C[C@H](N(Cc2ccccc2)CC2C=CC=CC2)C=N1. The van der Waals surface area contributed by atoms with Gasteiger partial charge in [-0.1, -0.05) is 60.7 Å². The molecular formula is C19H20N2O. The minimum Gasteiger partial charge on any atom is -0.287 e. The van der Waals surface area contributed by atoms with Crippen molar-refractivity contribution in [2.75, 3.05) is 6.54 Å². The maximum Gasteiger partial charge on any atom is 0.269 e. The van der Waals surface area contributed by atoms with E-state index in [0.717, 1.165) is 19.5 Å². The first-order valence-corrected chi connectivity index (χ1v) is 7.69. The van der Waals surface area contributed by atoms with E-state index in [0.29, 0.717) is 5.92 Å². The molecule has 3 heteroatoms. The summed E-state index contributed by atoms with van der Waals surface area (Å²) in [5.74, 6) is 0.338. The van der Waals surface area contributed by atoms with Crippen LogP contribution in [0, 0.1) is 5.92 Å². The number of carbonyl (C=O) groups is 1. The molecule has 0 radical (unpaired) electrons. The molecule has 0 N–H and O–H groups in total. The quantitative estimate of drug-likeness (QED) is 0.835. The highest BCUT2D eigenvalue weighted by molar-refractivity contribution is 5.97. The third kappa shape index (κ3) is 3.89. The fraction of sp³-hybridized carbons (Fsp3) is 0.263. The summed E-state index contributed by atoms with van der Waals surface area (Å²) in [5, 5.41) is 0. The van der Waals surface area contributed by atoms with Gasteiger partial charge in [0.1, 0.15) is 0 Å². The molecule has 2 aliphatic rings. The van der Waals surface area contributed by atoms with E-state index in [4.69, 9.17) is 0 Å². The molecule has 1 aliphatic heterocycles. The van der Waals surface area contributed by atoms with Crippen molar-refractivity contribution in [1.82, 2.24) is 4.90 Å². The summed E-state index contributed by atoms with van der Waals surface area (Å²) in [6.07, 6.45) is 15.0. The van der Waals surface area contributed by atoms with Crippen LogP contribution in [0.5, 0.6) is 0 Å². The van der Waals surface area contributed by atoms with Crippen LogP contribution in [0.2, 0.25) is 0 Å². The van der Waals surface area contributed by atoms with Crippen LogP contribution in [-0.2, 0) is 11.3 Å². The molecule has 0 saturated heterocycles. The van der Waals surface area contributed by atoms with Crippen LogP contribution in [0.25, 0.3) is 0 Å². The molecule has 0 bridgehead atoms. The predicted molar refractivity (Wildman–Crippen MR) is 89.7 cm³/mol. The van der Waals surface area contributed by atoms with Gasteiger partial charge in [-0.15, -0.1) is 0 Å². The van der Waals surface area contributed by atoms with Gasteiger partial charge < -0.3 is 0 Å². The maximum absolute atomic E-state index is 11.3. The molecule has 0 spiro atoms. The maximum atomic E-state index is 11.3. The van der Waals surface area contributed by atoms with Gasteiger partial charge in [-0.3, -0.25) is 9.69 Å². The molecule has 1 heterocycles. The van der Waals surface area contributed by atoms with Crippen LogP contribution in [-0.4, -0.2) is 29.6 Å². The van der Waals surface area contributed by atoms with Crippen molar-refractivity contribution in [3.8, 4) is 0 Å². The van der Waals surface area contributed by atoms with Gasteiger partial charge in [0.2, 0.25) is 0 Å². The Morgan fingerprint density at radius 1 is 1.14 bits per heavy atom. The first-order valence-electron chi connectivity index (χ1n) is 7.69. The zero-order chi connectivity index (χ0) is 15.2. The van der Waals surface area contributed by atoms with Crippen LogP contribution >= 0.6 is 0 Å². The number of benzene rings is 1. The Bertz CT molecular complexity index is 612. The summed E-state index contributed by atoms with van der Waals surface area (Å²) in [5.41, 5.74) is 1.27. The van der Waals surface area contributed by atoms with Gasteiger partial charge >= 0.3 is 0 Å². The number of nitrogens with zero attached hydrogens (tertiary/aromatic N) is 2. The second-order valence-electron chi connectivity index (χ2n) is 5.69. The van der Waals surface area contributed by atoms with Crippen molar-refractivity contribution in [3.05, 3.63) is 72.4 Å².